The van der Waals surface area contributed by atoms with Gasteiger partial charge in [-0.3, -0.25) is 0 Å². The molecule has 2 heterocycles. The molecular weight excluding hydrogens is 254 g/mol. The standard InChI is InChI=1S/C15H13N3S/c1-16-15-17-11-7-10-9-5-3-4-6-12(9)18(2)13(10)8-14(11)19-15/h3-8H,1-2H3,(H,16,17). The van der Waals surface area contributed by atoms with Crippen LogP contribution in [-0.2, 0) is 7.05 Å². The van der Waals surface area contributed by atoms with E-state index in [9.17, 15) is 0 Å². The zero-order valence-corrected chi connectivity index (χ0v) is 11.6. The van der Waals surface area contributed by atoms with E-state index in [1.165, 1.54) is 26.5 Å². The van der Waals surface area contributed by atoms with Crippen LogP contribution in [0.2, 0.25) is 0 Å². The van der Waals surface area contributed by atoms with E-state index in [0.29, 0.717) is 0 Å². The van der Waals surface area contributed by atoms with Crippen LogP contribution in [-0.4, -0.2) is 16.6 Å². The highest BCUT2D eigenvalue weighted by molar-refractivity contribution is 7.22. The Hall–Kier alpha value is -2.07. The van der Waals surface area contributed by atoms with Crippen molar-refractivity contribution in [2.24, 2.45) is 7.05 Å². The number of fused-ring (bicyclic) bond motifs is 4. The molecule has 0 unspecified atom stereocenters. The van der Waals surface area contributed by atoms with Crippen LogP contribution < -0.4 is 5.32 Å². The Balaban J connectivity index is 2.21. The van der Waals surface area contributed by atoms with Crippen LogP contribution >= 0.6 is 11.3 Å². The molecule has 0 saturated carbocycles. The van der Waals surface area contributed by atoms with Gasteiger partial charge in [-0.2, -0.15) is 0 Å². The second kappa shape index (κ2) is 3.71. The number of nitrogens with zero attached hydrogens (tertiary/aromatic N) is 2. The molecule has 1 N–H and O–H groups in total. The van der Waals surface area contributed by atoms with Crippen molar-refractivity contribution < 1.29 is 0 Å². The van der Waals surface area contributed by atoms with Gasteiger partial charge in [-0.25, -0.2) is 4.98 Å². The number of hydrogen-bond donors (Lipinski definition) is 1. The molecule has 0 bridgehead atoms. The number of aryl methyl sites for hydroxylation is 1. The number of aromatic nitrogens is 2. The molecule has 19 heavy (non-hydrogen) atoms. The maximum absolute atomic E-state index is 4.60. The topological polar surface area (TPSA) is 29.9 Å². The van der Waals surface area contributed by atoms with Gasteiger partial charge < -0.3 is 9.88 Å². The lowest BCUT2D eigenvalue weighted by atomic mass is 10.1. The van der Waals surface area contributed by atoms with E-state index in [1.807, 2.05) is 7.05 Å². The summed E-state index contributed by atoms with van der Waals surface area (Å²) < 4.78 is 3.48. The predicted octanol–water partition coefficient (Wildman–Crippen LogP) is 3.98. The van der Waals surface area contributed by atoms with Crippen LogP contribution in [0.4, 0.5) is 5.13 Å². The van der Waals surface area contributed by atoms with Crippen LogP contribution in [0.25, 0.3) is 32.0 Å². The summed E-state index contributed by atoms with van der Waals surface area (Å²) in [5.41, 5.74) is 3.60. The van der Waals surface area contributed by atoms with Crippen LogP contribution in [0.15, 0.2) is 36.4 Å². The molecule has 4 heteroatoms. The van der Waals surface area contributed by atoms with Gasteiger partial charge in [0, 0.05) is 30.4 Å². The van der Waals surface area contributed by atoms with Crippen LogP contribution in [0, 0.1) is 0 Å². The van der Waals surface area contributed by atoms with E-state index < -0.39 is 0 Å². The molecule has 2 aromatic carbocycles. The summed E-state index contributed by atoms with van der Waals surface area (Å²) in [4.78, 5) is 4.60. The number of anilines is 1. The summed E-state index contributed by atoms with van der Waals surface area (Å²) in [6.45, 7) is 0. The third kappa shape index (κ3) is 1.40. The Morgan fingerprint density at radius 3 is 2.79 bits per heavy atom. The quantitative estimate of drug-likeness (QED) is 0.565. The summed E-state index contributed by atoms with van der Waals surface area (Å²) in [5.74, 6) is 0. The molecule has 4 aromatic rings. The van der Waals surface area contributed by atoms with E-state index in [1.54, 1.807) is 11.3 Å². The molecule has 0 radical (unpaired) electrons. The molecule has 0 atom stereocenters. The minimum absolute atomic E-state index is 0.967. The molecule has 0 aliphatic rings. The van der Waals surface area contributed by atoms with Gasteiger partial charge in [0.25, 0.3) is 0 Å². The van der Waals surface area contributed by atoms with E-state index in [4.69, 9.17) is 0 Å². The molecule has 0 amide bonds. The molecule has 4 rings (SSSR count). The fraction of sp³-hybridized carbons (Fsp3) is 0.133. The second-order valence-electron chi connectivity index (χ2n) is 4.68. The molecule has 94 valence electrons. The minimum atomic E-state index is 0.967. The maximum Gasteiger partial charge on any atom is 0.183 e. The van der Waals surface area contributed by atoms with Crippen molar-refractivity contribution in [2.75, 3.05) is 12.4 Å². The Labute approximate surface area is 114 Å². The smallest absolute Gasteiger partial charge is 0.183 e. The monoisotopic (exact) mass is 267 g/mol. The first-order chi connectivity index (χ1) is 9.28. The van der Waals surface area contributed by atoms with E-state index >= 15 is 0 Å². The largest absolute Gasteiger partial charge is 0.365 e. The van der Waals surface area contributed by atoms with Crippen molar-refractivity contribution in [3.63, 3.8) is 0 Å². The van der Waals surface area contributed by atoms with E-state index in [-0.39, 0.29) is 0 Å². The average molecular weight is 267 g/mol. The number of nitrogens with one attached hydrogen (secondary N) is 1. The van der Waals surface area contributed by atoms with Crippen molar-refractivity contribution in [3.8, 4) is 0 Å². The van der Waals surface area contributed by atoms with Crippen molar-refractivity contribution in [2.45, 2.75) is 0 Å². The highest BCUT2D eigenvalue weighted by Crippen LogP contribution is 2.34. The van der Waals surface area contributed by atoms with Gasteiger partial charge >= 0.3 is 0 Å². The van der Waals surface area contributed by atoms with Crippen LogP contribution in [0.1, 0.15) is 0 Å². The molecule has 0 aliphatic carbocycles. The highest BCUT2D eigenvalue weighted by atomic mass is 32.1. The lowest BCUT2D eigenvalue weighted by molar-refractivity contribution is 1.02. The van der Waals surface area contributed by atoms with Gasteiger partial charge in [0.2, 0.25) is 0 Å². The number of para-hydroxylation sites is 1. The summed E-state index contributed by atoms with van der Waals surface area (Å²) >= 11 is 1.70. The molecular formula is C15H13N3S. The average Bonchev–Trinajstić information content (AvgIpc) is 2.97. The molecule has 0 fully saturated rings. The lowest BCUT2D eigenvalue weighted by Crippen LogP contribution is -1.85. The Morgan fingerprint density at radius 1 is 1.11 bits per heavy atom. The lowest BCUT2D eigenvalue weighted by Gasteiger charge is -1.96. The number of thiazole rings is 1. The predicted molar refractivity (Wildman–Crippen MR) is 83.1 cm³/mol. The number of hydrogen-bond acceptors (Lipinski definition) is 3. The molecule has 0 spiro atoms. The van der Waals surface area contributed by atoms with Crippen LogP contribution in [0.5, 0.6) is 0 Å². The normalized spacial score (nSPS) is 11.7. The van der Waals surface area contributed by atoms with Gasteiger partial charge in [0.1, 0.15) is 0 Å². The molecule has 0 saturated heterocycles. The first kappa shape index (κ1) is 10.8. The maximum atomic E-state index is 4.60. The van der Waals surface area contributed by atoms with Crippen LogP contribution in [0.3, 0.4) is 0 Å². The third-order valence-corrected chi connectivity index (χ3v) is 4.67. The second-order valence-corrected chi connectivity index (χ2v) is 5.71. The Morgan fingerprint density at radius 2 is 1.95 bits per heavy atom. The van der Waals surface area contributed by atoms with Gasteiger partial charge in [-0.15, -0.1) is 0 Å². The van der Waals surface area contributed by atoms with Crippen molar-refractivity contribution in [1.29, 1.82) is 0 Å². The summed E-state index contributed by atoms with van der Waals surface area (Å²) in [7, 11) is 4.03. The van der Waals surface area contributed by atoms with Gasteiger partial charge in [-0.1, -0.05) is 29.5 Å². The third-order valence-electron chi connectivity index (χ3n) is 3.64. The molecule has 2 aromatic heterocycles. The first-order valence-corrected chi connectivity index (χ1v) is 7.05. The van der Waals surface area contributed by atoms with Crippen molar-refractivity contribution >= 4 is 48.5 Å². The van der Waals surface area contributed by atoms with Gasteiger partial charge in [0.15, 0.2) is 5.13 Å². The van der Waals surface area contributed by atoms with E-state index in [0.717, 1.165) is 10.6 Å². The Bertz CT molecular complexity index is 917. The Kier molecular flexibility index (Phi) is 2.11. The van der Waals surface area contributed by atoms with Crippen molar-refractivity contribution in [1.82, 2.24) is 9.55 Å². The molecule has 3 nitrogen and oxygen atoms in total. The number of rotatable bonds is 1. The SMILES string of the molecule is CNc1nc2cc3c4ccccc4n(C)c3cc2s1. The first-order valence-electron chi connectivity index (χ1n) is 6.23. The zero-order valence-electron chi connectivity index (χ0n) is 10.8. The molecule has 0 aliphatic heterocycles. The van der Waals surface area contributed by atoms with Gasteiger partial charge in [0.05, 0.1) is 15.7 Å². The van der Waals surface area contributed by atoms with Gasteiger partial charge in [-0.05, 0) is 18.2 Å². The minimum Gasteiger partial charge on any atom is -0.365 e. The summed E-state index contributed by atoms with van der Waals surface area (Å²) in [5, 5.41) is 6.65. The number of benzene rings is 2. The summed E-state index contributed by atoms with van der Waals surface area (Å²) in [6, 6.07) is 12.9. The fourth-order valence-corrected chi connectivity index (χ4v) is 3.52. The highest BCUT2D eigenvalue weighted by Gasteiger charge is 2.11. The fourth-order valence-electron chi connectivity index (χ4n) is 2.69. The summed E-state index contributed by atoms with van der Waals surface area (Å²) in [6.07, 6.45) is 0. The van der Waals surface area contributed by atoms with Crippen molar-refractivity contribution in [3.05, 3.63) is 36.4 Å². The van der Waals surface area contributed by atoms with E-state index in [2.05, 4.69) is 58.3 Å². The zero-order chi connectivity index (χ0) is 13.0.